The van der Waals surface area contributed by atoms with Gasteiger partial charge in [0.05, 0.1) is 5.69 Å². The van der Waals surface area contributed by atoms with E-state index in [4.69, 9.17) is 4.98 Å². The highest BCUT2D eigenvalue weighted by Crippen LogP contribution is 2.37. The van der Waals surface area contributed by atoms with Gasteiger partial charge in [-0.15, -0.1) is 0 Å². The standard InChI is InChI=1S/C18H22N2/c1-2-12-19-18-11-5-10-17(20-18)16-9-4-8-15(13-16)14-6-3-7-14/h4-5,8-11,13-14H,2-3,6-7,12H2,1H3,(H,19,20). The Hall–Kier alpha value is -1.83. The van der Waals surface area contributed by atoms with Gasteiger partial charge < -0.3 is 5.32 Å². The Morgan fingerprint density at radius 3 is 2.75 bits per heavy atom. The molecule has 2 aromatic rings. The van der Waals surface area contributed by atoms with E-state index in [1.54, 1.807) is 0 Å². The molecular formula is C18H22N2. The van der Waals surface area contributed by atoms with Crippen LogP contribution in [0.3, 0.4) is 0 Å². The quantitative estimate of drug-likeness (QED) is 0.837. The fraction of sp³-hybridized carbons (Fsp3) is 0.389. The summed E-state index contributed by atoms with van der Waals surface area (Å²) in [6.07, 6.45) is 5.18. The molecular weight excluding hydrogens is 244 g/mol. The van der Waals surface area contributed by atoms with Crippen molar-refractivity contribution in [3.05, 3.63) is 48.0 Å². The van der Waals surface area contributed by atoms with Crippen molar-refractivity contribution in [1.29, 1.82) is 0 Å². The Morgan fingerprint density at radius 2 is 2.00 bits per heavy atom. The van der Waals surface area contributed by atoms with E-state index in [2.05, 4.69) is 48.6 Å². The van der Waals surface area contributed by atoms with Crippen LogP contribution in [0, 0.1) is 0 Å². The summed E-state index contributed by atoms with van der Waals surface area (Å²) < 4.78 is 0. The Morgan fingerprint density at radius 1 is 1.15 bits per heavy atom. The molecule has 1 N–H and O–H groups in total. The first-order chi connectivity index (χ1) is 9.86. The number of rotatable bonds is 5. The lowest BCUT2D eigenvalue weighted by molar-refractivity contribution is 0.420. The number of pyridine rings is 1. The van der Waals surface area contributed by atoms with Gasteiger partial charge in [0.15, 0.2) is 0 Å². The van der Waals surface area contributed by atoms with Crippen LogP contribution in [0.5, 0.6) is 0 Å². The minimum atomic E-state index is 0.774. The third kappa shape index (κ3) is 2.84. The number of nitrogens with zero attached hydrogens (tertiary/aromatic N) is 1. The number of hydrogen-bond donors (Lipinski definition) is 1. The minimum Gasteiger partial charge on any atom is -0.370 e. The number of nitrogens with one attached hydrogen (secondary N) is 1. The van der Waals surface area contributed by atoms with Crippen LogP contribution >= 0.6 is 0 Å². The van der Waals surface area contributed by atoms with E-state index in [-0.39, 0.29) is 0 Å². The second-order valence-electron chi connectivity index (χ2n) is 5.59. The molecule has 20 heavy (non-hydrogen) atoms. The van der Waals surface area contributed by atoms with Crippen molar-refractivity contribution in [2.24, 2.45) is 0 Å². The maximum atomic E-state index is 4.71. The van der Waals surface area contributed by atoms with E-state index in [0.29, 0.717) is 0 Å². The first kappa shape index (κ1) is 13.2. The van der Waals surface area contributed by atoms with Crippen LogP contribution in [0.2, 0.25) is 0 Å². The molecule has 1 aliphatic rings. The average Bonchev–Trinajstić information content (AvgIpc) is 2.44. The molecule has 1 saturated carbocycles. The van der Waals surface area contributed by atoms with Crippen LogP contribution in [-0.4, -0.2) is 11.5 Å². The Balaban J connectivity index is 1.84. The number of hydrogen-bond acceptors (Lipinski definition) is 2. The zero-order chi connectivity index (χ0) is 13.8. The van der Waals surface area contributed by atoms with Crippen LogP contribution in [-0.2, 0) is 0 Å². The zero-order valence-electron chi connectivity index (χ0n) is 12.1. The summed E-state index contributed by atoms with van der Waals surface area (Å²) in [5.74, 6) is 1.75. The SMILES string of the molecule is CCCNc1cccc(-c2cccc(C3CCC3)c2)n1. The fourth-order valence-corrected chi connectivity index (χ4v) is 2.64. The van der Waals surface area contributed by atoms with Crippen molar-refractivity contribution >= 4 is 5.82 Å². The maximum absolute atomic E-state index is 4.71. The summed E-state index contributed by atoms with van der Waals surface area (Å²) in [5, 5.41) is 3.35. The Bertz CT molecular complexity index is 573. The molecule has 3 rings (SSSR count). The van der Waals surface area contributed by atoms with Crippen LogP contribution < -0.4 is 5.32 Å². The summed E-state index contributed by atoms with van der Waals surface area (Å²) in [5.41, 5.74) is 3.77. The van der Waals surface area contributed by atoms with Gasteiger partial charge in [0.2, 0.25) is 0 Å². The van der Waals surface area contributed by atoms with Crippen molar-refractivity contribution in [3.63, 3.8) is 0 Å². The molecule has 0 bridgehead atoms. The average molecular weight is 266 g/mol. The van der Waals surface area contributed by atoms with E-state index < -0.39 is 0 Å². The topological polar surface area (TPSA) is 24.9 Å². The normalized spacial score (nSPS) is 14.8. The molecule has 2 nitrogen and oxygen atoms in total. The second kappa shape index (κ2) is 6.08. The first-order valence-electron chi connectivity index (χ1n) is 7.68. The molecule has 1 aromatic heterocycles. The monoisotopic (exact) mass is 266 g/mol. The van der Waals surface area contributed by atoms with Crippen LogP contribution in [0.25, 0.3) is 11.3 Å². The largest absolute Gasteiger partial charge is 0.370 e. The van der Waals surface area contributed by atoms with E-state index >= 15 is 0 Å². The highest BCUT2D eigenvalue weighted by Gasteiger charge is 2.19. The molecule has 0 saturated heterocycles. The molecule has 1 aliphatic carbocycles. The van der Waals surface area contributed by atoms with Gasteiger partial charge in [-0.05, 0) is 48.9 Å². The molecule has 1 fully saturated rings. The lowest BCUT2D eigenvalue weighted by Gasteiger charge is -2.26. The van der Waals surface area contributed by atoms with Crippen molar-refractivity contribution in [2.75, 3.05) is 11.9 Å². The van der Waals surface area contributed by atoms with Crippen LogP contribution in [0.4, 0.5) is 5.82 Å². The number of aromatic nitrogens is 1. The Labute approximate surface area is 121 Å². The van der Waals surface area contributed by atoms with Gasteiger partial charge in [-0.3, -0.25) is 0 Å². The fourth-order valence-electron chi connectivity index (χ4n) is 2.64. The molecule has 2 heteroatoms. The van der Waals surface area contributed by atoms with Gasteiger partial charge >= 0.3 is 0 Å². The van der Waals surface area contributed by atoms with Gasteiger partial charge in [-0.1, -0.05) is 37.6 Å². The molecule has 0 amide bonds. The van der Waals surface area contributed by atoms with Gasteiger partial charge in [0.25, 0.3) is 0 Å². The van der Waals surface area contributed by atoms with Gasteiger partial charge in [0.1, 0.15) is 5.82 Å². The summed E-state index contributed by atoms with van der Waals surface area (Å²) in [7, 11) is 0. The van der Waals surface area contributed by atoms with Crippen molar-refractivity contribution in [3.8, 4) is 11.3 Å². The lowest BCUT2D eigenvalue weighted by Crippen LogP contribution is -2.08. The van der Waals surface area contributed by atoms with Gasteiger partial charge in [-0.2, -0.15) is 0 Å². The highest BCUT2D eigenvalue weighted by atomic mass is 15.0. The van der Waals surface area contributed by atoms with Gasteiger partial charge in [0, 0.05) is 12.1 Å². The van der Waals surface area contributed by atoms with Gasteiger partial charge in [-0.25, -0.2) is 4.98 Å². The molecule has 0 atom stereocenters. The number of anilines is 1. The minimum absolute atomic E-state index is 0.774. The highest BCUT2D eigenvalue weighted by molar-refractivity contribution is 5.62. The first-order valence-corrected chi connectivity index (χ1v) is 7.68. The number of benzene rings is 1. The van der Waals surface area contributed by atoms with Crippen LogP contribution in [0.15, 0.2) is 42.5 Å². The molecule has 1 aromatic carbocycles. The molecule has 0 aliphatic heterocycles. The predicted molar refractivity (Wildman–Crippen MR) is 85.0 cm³/mol. The second-order valence-corrected chi connectivity index (χ2v) is 5.59. The molecule has 104 valence electrons. The zero-order valence-corrected chi connectivity index (χ0v) is 12.1. The smallest absolute Gasteiger partial charge is 0.126 e. The molecule has 0 unspecified atom stereocenters. The van der Waals surface area contributed by atoms with E-state index in [0.717, 1.165) is 30.4 Å². The maximum Gasteiger partial charge on any atom is 0.126 e. The molecule has 0 radical (unpaired) electrons. The lowest BCUT2D eigenvalue weighted by atomic mass is 9.79. The summed E-state index contributed by atoms with van der Waals surface area (Å²) in [6, 6.07) is 15.1. The summed E-state index contributed by atoms with van der Waals surface area (Å²) in [6.45, 7) is 3.14. The van der Waals surface area contributed by atoms with E-state index in [1.807, 2.05) is 6.07 Å². The van der Waals surface area contributed by atoms with Crippen LogP contribution in [0.1, 0.15) is 44.1 Å². The Kier molecular flexibility index (Phi) is 4.00. The van der Waals surface area contributed by atoms with Crippen molar-refractivity contribution in [2.45, 2.75) is 38.5 Å². The van der Waals surface area contributed by atoms with Crippen molar-refractivity contribution < 1.29 is 0 Å². The predicted octanol–water partition coefficient (Wildman–Crippen LogP) is 4.84. The third-order valence-corrected chi connectivity index (χ3v) is 4.06. The third-order valence-electron chi connectivity index (χ3n) is 4.06. The van der Waals surface area contributed by atoms with E-state index in [1.165, 1.54) is 30.4 Å². The van der Waals surface area contributed by atoms with E-state index in [9.17, 15) is 0 Å². The summed E-state index contributed by atoms with van der Waals surface area (Å²) in [4.78, 5) is 4.71. The molecule has 0 spiro atoms. The molecule has 1 heterocycles. The van der Waals surface area contributed by atoms with Crippen molar-refractivity contribution in [1.82, 2.24) is 4.98 Å². The summed E-state index contributed by atoms with van der Waals surface area (Å²) >= 11 is 0.